The summed E-state index contributed by atoms with van der Waals surface area (Å²) in [5.74, 6) is 0. The van der Waals surface area contributed by atoms with Crippen molar-refractivity contribution in [2.45, 2.75) is 13.8 Å². The molecule has 132 valence electrons. The third-order valence-electron chi connectivity index (χ3n) is 3.62. The highest BCUT2D eigenvalue weighted by Gasteiger charge is 2.05. The number of pyridine rings is 4. The van der Waals surface area contributed by atoms with Gasteiger partial charge in [0.1, 0.15) is 11.0 Å². The molecule has 0 bridgehead atoms. The van der Waals surface area contributed by atoms with Crippen molar-refractivity contribution in [3.05, 3.63) is 70.7 Å². The Hall–Kier alpha value is -1.33. The molecule has 4 aromatic rings. The molecule has 0 amide bonds. The number of hydrogen-bond donors (Lipinski definition) is 1. The zero-order chi connectivity index (χ0) is 18.8. The van der Waals surface area contributed by atoms with E-state index in [9.17, 15) is 4.79 Å². The lowest BCUT2D eigenvalue weighted by molar-refractivity contribution is 1.19. The summed E-state index contributed by atoms with van der Waals surface area (Å²) in [7, 11) is 0. The Kier molecular flexibility index (Phi) is 6.08. The number of aromatic amines is 1. The fraction of sp³-hybridized carbons (Fsp3) is 0.111. The predicted molar refractivity (Wildman–Crippen MR) is 122 cm³/mol. The number of rotatable bonds is 0. The maximum Gasteiger partial charge on any atom is 0.274 e. The maximum absolute atomic E-state index is 11.4. The summed E-state index contributed by atoms with van der Waals surface area (Å²) in [6.07, 6.45) is 3.45. The van der Waals surface area contributed by atoms with E-state index >= 15 is 0 Å². The molecule has 0 spiro atoms. The molecule has 1 N–H and O–H groups in total. The summed E-state index contributed by atoms with van der Waals surface area (Å²) in [4.78, 5) is 26.6. The second-order valence-electron chi connectivity index (χ2n) is 5.56. The second kappa shape index (κ2) is 8.13. The number of hydrogen-bond acceptors (Lipinski definition) is 4. The van der Waals surface area contributed by atoms with E-state index in [1.165, 1.54) is 0 Å². The minimum atomic E-state index is -0.126. The molecule has 4 heterocycles. The van der Waals surface area contributed by atoms with Gasteiger partial charge in [-0.05, 0) is 83.3 Å². The number of aryl methyl sites for hydroxylation is 2. The summed E-state index contributed by atoms with van der Waals surface area (Å²) < 4.78 is 2.09. The summed E-state index contributed by atoms with van der Waals surface area (Å²) in [6, 6.07) is 7.83. The first kappa shape index (κ1) is 19.4. The van der Waals surface area contributed by atoms with Crippen LogP contribution in [0.5, 0.6) is 0 Å². The summed E-state index contributed by atoms with van der Waals surface area (Å²) in [6.45, 7) is 3.81. The number of H-pyrrole nitrogens is 1. The van der Waals surface area contributed by atoms with Crippen molar-refractivity contribution in [2.24, 2.45) is 0 Å². The Morgan fingerprint density at radius 1 is 0.923 bits per heavy atom. The van der Waals surface area contributed by atoms with E-state index in [1.807, 2.05) is 38.1 Å². The molecule has 4 rings (SSSR count). The summed E-state index contributed by atoms with van der Waals surface area (Å²) in [5.41, 5.74) is 3.00. The van der Waals surface area contributed by atoms with Crippen LogP contribution in [0.15, 0.2) is 41.5 Å². The first-order valence-electron chi connectivity index (χ1n) is 7.58. The van der Waals surface area contributed by atoms with Crippen LogP contribution in [0.1, 0.15) is 11.4 Å². The van der Waals surface area contributed by atoms with Gasteiger partial charge in [-0.2, -0.15) is 0 Å². The van der Waals surface area contributed by atoms with Crippen LogP contribution >= 0.6 is 56.8 Å². The number of nitrogens with one attached hydrogen (secondary N) is 1. The van der Waals surface area contributed by atoms with E-state index in [-0.39, 0.29) is 5.56 Å². The molecule has 0 fully saturated rings. The van der Waals surface area contributed by atoms with Gasteiger partial charge in [-0.3, -0.25) is 4.79 Å². The topological polar surface area (TPSA) is 71.5 Å². The fourth-order valence-corrected chi connectivity index (χ4v) is 3.71. The molecule has 0 atom stereocenters. The van der Waals surface area contributed by atoms with E-state index in [2.05, 4.69) is 65.1 Å². The largest absolute Gasteiger partial charge is 0.326 e. The molecule has 0 saturated heterocycles. The molecule has 0 saturated carbocycles. The van der Waals surface area contributed by atoms with E-state index in [0.29, 0.717) is 10.7 Å². The first-order valence-corrected chi connectivity index (χ1v) is 10.1. The number of fused-ring (bicyclic) bond motifs is 2. The van der Waals surface area contributed by atoms with E-state index in [4.69, 9.17) is 11.6 Å². The van der Waals surface area contributed by atoms with Gasteiger partial charge in [0.15, 0.2) is 5.15 Å². The van der Waals surface area contributed by atoms with Gasteiger partial charge in [0.2, 0.25) is 0 Å². The predicted octanol–water partition coefficient (Wildman–Crippen LogP) is 5.03. The van der Waals surface area contributed by atoms with Gasteiger partial charge in [-0.15, -0.1) is 0 Å². The molecule has 4 aromatic heterocycles. The Balaban J connectivity index is 0.000000151. The number of nitrogens with zero attached hydrogens (tertiary/aromatic N) is 3. The first-order chi connectivity index (χ1) is 12.4. The van der Waals surface area contributed by atoms with Crippen molar-refractivity contribution in [2.75, 3.05) is 0 Å². The average molecular weight is 591 g/mol. The number of halogens is 3. The van der Waals surface area contributed by atoms with Crippen molar-refractivity contribution in [3.8, 4) is 0 Å². The normalized spacial score (nSPS) is 10.7. The van der Waals surface area contributed by atoms with Gasteiger partial charge in [0.25, 0.3) is 5.56 Å². The van der Waals surface area contributed by atoms with Crippen LogP contribution < -0.4 is 5.56 Å². The zero-order valence-corrected chi connectivity index (χ0v) is 18.9. The second-order valence-corrected chi connectivity index (χ2v) is 8.24. The van der Waals surface area contributed by atoms with Crippen LogP contribution in [0.25, 0.3) is 21.8 Å². The van der Waals surface area contributed by atoms with Crippen LogP contribution in [0.2, 0.25) is 5.15 Å². The van der Waals surface area contributed by atoms with Crippen molar-refractivity contribution in [1.29, 1.82) is 0 Å². The zero-order valence-electron chi connectivity index (χ0n) is 13.8. The SMILES string of the molecule is Cc1ccc2c(I)c[nH]c(=O)c2n1.Cc1ccc2c(I)cnc(Cl)c2n1. The molecule has 0 aliphatic rings. The Morgan fingerprint density at radius 3 is 2.15 bits per heavy atom. The van der Waals surface area contributed by atoms with Gasteiger partial charge in [-0.25, -0.2) is 15.0 Å². The Morgan fingerprint density at radius 2 is 1.50 bits per heavy atom. The van der Waals surface area contributed by atoms with Crippen LogP contribution in [0.3, 0.4) is 0 Å². The van der Waals surface area contributed by atoms with Gasteiger partial charge < -0.3 is 4.98 Å². The highest BCUT2D eigenvalue weighted by atomic mass is 127. The number of aromatic nitrogens is 4. The third kappa shape index (κ3) is 4.15. The molecule has 5 nitrogen and oxygen atoms in total. The molecule has 0 aromatic carbocycles. The standard InChI is InChI=1S/C9H6ClIN2.C9H7IN2O/c1-5-2-3-6-7(11)4-12-9(10)8(6)13-5;1-5-2-3-6-7(10)4-11-9(13)8(6)12-5/h2-4H,1H3;2-4H,1H3,(H,11,13). The Bertz CT molecular complexity index is 1180. The van der Waals surface area contributed by atoms with Crippen LogP contribution in [-0.4, -0.2) is 19.9 Å². The van der Waals surface area contributed by atoms with Crippen molar-refractivity contribution in [3.63, 3.8) is 0 Å². The lowest BCUT2D eigenvalue weighted by Crippen LogP contribution is -2.08. The van der Waals surface area contributed by atoms with Gasteiger partial charge in [0.05, 0.1) is 0 Å². The smallest absolute Gasteiger partial charge is 0.274 e. The molecular weight excluding hydrogens is 577 g/mol. The van der Waals surface area contributed by atoms with E-state index in [0.717, 1.165) is 34.8 Å². The van der Waals surface area contributed by atoms with E-state index < -0.39 is 0 Å². The molecule has 8 heteroatoms. The highest BCUT2D eigenvalue weighted by Crippen LogP contribution is 2.23. The molecular formula is C18H13ClI2N4O. The van der Waals surface area contributed by atoms with Crippen LogP contribution in [-0.2, 0) is 0 Å². The highest BCUT2D eigenvalue weighted by molar-refractivity contribution is 14.1. The van der Waals surface area contributed by atoms with Gasteiger partial charge >= 0.3 is 0 Å². The minimum absolute atomic E-state index is 0.126. The van der Waals surface area contributed by atoms with Crippen molar-refractivity contribution >= 4 is 78.6 Å². The molecule has 0 aliphatic heterocycles. The van der Waals surface area contributed by atoms with Crippen molar-refractivity contribution < 1.29 is 0 Å². The van der Waals surface area contributed by atoms with Gasteiger partial charge in [0, 0.05) is 41.7 Å². The van der Waals surface area contributed by atoms with E-state index in [1.54, 1.807) is 12.4 Å². The molecule has 0 radical (unpaired) electrons. The lowest BCUT2D eigenvalue weighted by Gasteiger charge is -2.01. The van der Waals surface area contributed by atoms with Crippen molar-refractivity contribution in [1.82, 2.24) is 19.9 Å². The fourth-order valence-electron chi connectivity index (χ4n) is 2.35. The average Bonchev–Trinajstić information content (AvgIpc) is 2.62. The summed E-state index contributed by atoms with van der Waals surface area (Å²) >= 11 is 10.3. The van der Waals surface area contributed by atoms with Gasteiger partial charge in [-0.1, -0.05) is 11.6 Å². The Labute approximate surface area is 181 Å². The molecule has 0 aliphatic carbocycles. The molecule has 0 unspecified atom stereocenters. The minimum Gasteiger partial charge on any atom is -0.326 e. The monoisotopic (exact) mass is 590 g/mol. The maximum atomic E-state index is 11.4. The van der Waals surface area contributed by atoms with Crippen LogP contribution in [0, 0.1) is 21.0 Å². The van der Waals surface area contributed by atoms with Crippen LogP contribution in [0.4, 0.5) is 0 Å². The quantitative estimate of drug-likeness (QED) is 0.230. The lowest BCUT2D eigenvalue weighted by atomic mass is 10.2. The third-order valence-corrected chi connectivity index (χ3v) is 5.64. The molecule has 26 heavy (non-hydrogen) atoms. The summed E-state index contributed by atoms with van der Waals surface area (Å²) in [5, 5.41) is 2.44.